The number of anilines is 2. The van der Waals surface area contributed by atoms with Crippen LogP contribution in [-0.2, 0) is 15.4 Å². The zero-order valence-electron chi connectivity index (χ0n) is 20.2. The van der Waals surface area contributed by atoms with Crippen LogP contribution in [0, 0.1) is 24.1 Å². The number of fused-ring (bicyclic) bond motifs is 1. The Labute approximate surface area is 211 Å². The lowest BCUT2D eigenvalue weighted by Crippen LogP contribution is -2.43. The third kappa shape index (κ3) is 3.59. The molecule has 0 spiro atoms. The average Bonchev–Trinajstić information content (AvgIpc) is 3.28. The average molecular weight is 504 g/mol. The van der Waals surface area contributed by atoms with Crippen molar-refractivity contribution in [2.75, 3.05) is 18.4 Å². The summed E-state index contributed by atoms with van der Waals surface area (Å²) in [5.41, 5.74) is 5.38. The highest BCUT2D eigenvalue weighted by molar-refractivity contribution is 7.89. The van der Waals surface area contributed by atoms with E-state index in [0.717, 1.165) is 47.3 Å². The van der Waals surface area contributed by atoms with Gasteiger partial charge in [-0.1, -0.05) is 36.8 Å². The summed E-state index contributed by atoms with van der Waals surface area (Å²) in [4.78, 5) is 0. The zero-order chi connectivity index (χ0) is 25.1. The standard InChI is InChI=1S/C29H30FN3O2S/c1-19-14-27(32-23-12-10-22(30)11-13-23)21(16-31)15-25(19)29-18-33(36(34,35)24-8-5-9-24)17-26(29)28(29)20-6-3-2-4-7-20/h2-4,6-7,10-16,24,26,28,31-32H,5,8-9,17-18H2,1H3/t26-,28-,29+/m1/s1. The third-order valence-electron chi connectivity index (χ3n) is 8.52. The van der Waals surface area contributed by atoms with Gasteiger partial charge in [0.15, 0.2) is 0 Å². The van der Waals surface area contributed by atoms with Gasteiger partial charge in [-0.05, 0) is 78.8 Å². The summed E-state index contributed by atoms with van der Waals surface area (Å²) in [6.45, 7) is 3.10. The first kappa shape index (κ1) is 23.4. The molecule has 0 bridgehead atoms. The molecule has 2 N–H and O–H groups in total. The van der Waals surface area contributed by atoms with Gasteiger partial charge in [0.05, 0.1) is 5.25 Å². The number of rotatable bonds is 7. The Hall–Kier alpha value is -3.03. The highest BCUT2D eigenvalue weighted by Gasteiger charge is 2.71. The summed E-state index contributed by atoms with van der Waals surface area (Å²) in [6, 6.07) is 20.6. The van der Waals surface area contributed by atoms with Crippen LogP contribution in [-0.4, -0.2) is 37.3 Å². The summed E-state index contributed by atoms with van der Waals surface area (Å²) < 4.78 is 41.8. The Morgan fingerprint density at radius 1 is 1.08 bits per heavy atom. The van der Waals surface area contributed by atoms with E-state index in [9.17, 15) is 12.8 Å². The lowest BCUT2D eigenvalue weighted by atomic mass is 9.86. The number of hydrogen-bond donors (Lipinski definition) is 2. The van der Waals surface area contributed by atoms with Crippen LogP contribution in [0.5, 0.6) is 0 Å². The van der Waals surface area contributed by atoms with E-state index in [1.54, 1.807) is 16.4 Å². The van der Waals surface area contributed by atoms with Gasteiger partial charge in [-0.2, -0.15) is 0 Å². The maximum absolute atomic E-state index is 13.4. The van der Waals surface area contributed by atoms with E-state index >= 15 is 0 Å². The molecule has 1 heterocycles. The van der Waals surface area contributed by atoms with Crippen molar-refractivity contribution >= 4 is 27.6 Å². The van der Waals surface area contributed by atoms with Gasteiger partial charge in [0.1, 0.15) is 5.82 Å². The summed E-state index contributed by atoms with van der Waals surface area (Å²) in [7, 11) is -3.29. The van der Waals surface area contributed by atoms with E-state index < -0.39 is 10.0 Å². The minimum absolute atomic E-state index is 0.211. The van der Waals surface area contributed by atoms with Gasteiger partial charge in [0.25, 0.3) is 0 Å². The van der Waals surface area contributed by atoms with E-state index in [-0.39, 0.29) is 28.3 Å². The van der Waals surface area contributed by atoms with Crippen molar-refractivity contribution in [3.63, 3.8) is 0 Å². The molecular weight excluding hydrogens is 473 g/mol. The number of hydrogen-bond acceptors (Lipinski definition) is 4. The predicted molar refractivity (Wildman–Crippen MR) is 141 cm³/mol. The number of nitrogens with one attached hydrogen (secondary N) is 2. The Morgan fingerprint density at radius 2 is 1.81 bits per heavy atom. The molecule has 5 nitrogen and oxygen atoms in total. The number of aryl methyl sites for hydroxylation is 1. The third-order valence-corrected chi connectivity index (χ3v) is 10.8. The summed E-state index contributed by atoms with van der Waals surface area (Å²) in [5, 5.41) is 11.2. The van der Waals surface area contributed by atoms with Crippen LogP contribution < -0.4 is 5.32 Å². The van der Waals surface area contributed by atoms with Gasteiger partial charge in [0, 0.05) is 47.6 Å². The van der Waals surface area contributed by atoms with E-state index in [1.165, 1.54) is 23.9 Å². The van der Waals surface area contributed by atoms with Crippen LogP contribution in [0.25, 0.3) is 0 Å². The van der Waals surface area contributed by atoms with Crippen LogP contribution in [0.4, 0.5) is 15.8 Å². The normalized spacial score (nSPS) is 25.7. The Balaban J connectivity index is 1.39. The van der Waals surface area contributed by atoms with Crippen molar-refractivity contribution in [3.05, 3.63) is 94.8 Å². The molecular formula is C29H30FN3O2S. The molecule has 0 aromatic heterocycles. The molecule has 3 aromatic carbocycles. The molecule has 1 saturated heterocycles. The number of halogens is 1. The maximum atomic E-state index is 13.4. The largest absolute Gasteiger partial charge is 0.355 e. The molecule has 0 radical (unpaired) electrons. The second kappa shape index (κ2) is 8.53. The summed E-state index contributed by atoms with van der Waals surface area (Å²) in [6.07, 6.45) is 3.85. The smallest absolute Gasteiger partial charge is 0.217 e. The van der Waals surface area contributed by atoms with Crippen LogP contribution in [0.2, 0.25) is 0 Å². The second-order valence-corrected chi connectivity index (χ2v) is 12.7. The van der Waals surface area contributed by atoms with Crippen molar-refractivity contribution < 1.29 is 12.8 Å². The first-order valence-corrected chi connectivity index (χ1v) is 14.1. The molecule has 0 amide bonds. The lowest BCUT2D eigenvalue weighted by molar-refractivity contribution is 0.387. The molecule has 36 heavy (non-hydrogen) atoms. The second-order valence-electron chi connectivity index (χ2n) is 10.5. The molecule has 6 rings (SSSR count). The van der Waals surface area contributed by atoms with Gasteiger partial charge < -0.3 is 10.7 Å². The fourth-order valence-electron chi connectivity index (χ4n) is 6.44. The number of sulfonamides is 1. The maximum Gasteiger partial charge on any atom is 0.217 e. The Bertz CT molecular complexity index is 1420. The monoisotopic (exact) mass is 503 g/mol. The highest BCUT2D eigenvalue weighted by Crippen LogP contribution is 2.70. The van der Waals surface area contributed by atoms with Crippen molar-refractivity contribution in [2.24, 2.45) is 5.92 Å². The van der Waals surface area contributed by atoms with E-state index in [1.807, 2.05) is 24.3 Å². The van der Waals surface area contributed by atoms with Gasteiger partial charge >= 0.3 is 0 Å². The van der Waals surface area contributed by atoms with Crippen molar-refractivity contribution in [3.8, 4) is 0 Å². The van der Waals surface area contributed by atoms with E-state index in [0.29, 0.717) is 13.1 Å². The van der Waals surface area contributed by atoms with Gasteiger partial charge in [-0.15, -0.1) is 0 Å². The number of piperidine rings is 1. The molecule has 7 heteroatoms. The zero-order valence-corrected chi connectivity index (χ0v) is 21.1. The van der Waals surface area contributed by atoms with Crippen molar-refractivity contribution in [1.29, 1.82) is 5.41 Å². The van der Waals surface area contributed by atoms with Crippen molar-refractivity contribution in [2.45, 2.75) is 42.8 Å². The molecule has 186 valence electrons. The first-order valence-electron chi connectivity index (χ1n) is 12.6. The minimum Gasteiger partial charge on any atom is -0.355 e. The molecule has 1 aliphatic heterocycles. The molecule has 3 fully saturated rings. The Kier molecular flexibility index (Phi) is 5.54. The fourth-order valence-corrected chi connectivity index (χ4v) is 8.55. The highest BCUT2D eigenvalue weighted by atomic mass is 32.2. The van der Waals surface area contributed by atoms with E-state index in [4.69, 9.17) is 5.41 Å². The van der Waals surface area contributed by atoms with Crippen molar-refractivity contribution in [1.82, 2.24) is 4.31 Å². The number of benzene rings is 3. The molecule has 3 aliphatic rings. The quantitative estimate of drug-likeness (QED) is 0.405. The number of nitrogens with zero attached hydrogens (tertiary/aromatic N) is 1. The Morgan fingerprint density at radius 3 is 2.44 bits per heavy atom. The first-order chi connectivity index (χ1) is 17.3. The van der Waals surface area contributed by atoms with Crippen LogP contribution in [0.3, 0.4) is 0 Å². The molecule has 2 aliphatic carbocycles. The summed E-state index contributed by atoms with van der Waals surface area (Å²) in [5.74, 6) is 0.163. The topological polar surface area (TPSA) is 73.3 Å². The minimum atomic E-state index is -3.29. The van der Waals surface area contributed by atoms with Crippen LogP contribution >= 0.6 is 0 Å². The lowest BCUT2D eigenvalue weighted by Gasteiger charge is -2.32. The predicted octanol–water partition coefficient (Wildman–Crippen LogP) is 5.72. The SMILES string of the molecule is Cc1cc(Nc2ccc(F)cc2)c(C=N)cc1[C@@]12CN(S(=O)(=O)C3CCC3)C[C@@H]1[C@H]2c1ccccc1. The molecule has 3 atom stereocenters. The van der Waals surface area contributed by atoms with Crippen LogP contribution in [0.15, 0.2) is 66.7 Å². The van der Waals surface area contributed by atoms with Gasteiger partial charge in [0.2, 0.25) is 10.0 Å². The summed E-state index contributed by atoms with van der Waals surface area (Å²) >= 11 is 0. The van der Waals surface area contributed by atoms with Crippen LogP contribution in [0.1, 0.15) is 47.4 Å². The molecule has 3 aromatic rings. The molecule has 0 unspecified atom stereocenters. The molecule has 2 saturated carbocycles. The van der Waals surface area contributed by atoms with E-state index in [2.05, 4.69) is 30.4 Å². The van der Waals surface area contributed by atoms with Gasteiger partial charge in [-0.3, -0.25) is 0 Å². The fraction of sp³-hybridized carbons (Fsp3) is 0.345. The van der Waals surface area contributed by atoms with Gasteiger partial charge in [-0.25, -0.2) is 17.1 Å².